The molecular formula is C17H26N4O2. The molecular weight excluding hydrogens is 292 g/mol. The molecule has 6 nitrogen and oxygen atoms in total. The van der Waals surface area contributed by atoms with E-state index in [1.165, 1.54) is 5.69 Å². The van der Waals surface area contributed by atoms with Gasteiger partial charge in [0.2, 0.25) is 5.91 Å². The maximum atomic E-state index is 11.9. The SMILES string of the molecule is CCN(CC)C(=O)CNC(=O)NC1CCN(c2ccccc2)C1. The first-order valence-corrected chi connectivity index (χ1v) is 8.26. The van der Waals surface area contributed by atoms with Crippen LogP contribution in [0.1, 0.15) is 20.3 Å². The van der Waals surface area contributed by atoms with E-state index < -0.39 is 0 Å². The topological polar surface area (TPSA) is 64.7 Å². The van der Waals surface area contributed by atoms with E-state index in [1.807, 2.05) is 32.0 Å². The van der Waals surface area contributed by atoms with Gasteiger partial charge in [0.15, 0.2) is 0 Å². The van der Waals surface area contributed by atoms with Crippen LogP contribution in [0.15, 0.2) is 30.3 Å². The fourth-order valence-electron chi connectivity index (χ4n) is 2.83. The third-order valence-corrected chi connectivity index (χ3v) is 4.16. The molecule has 1 aliphatic rings. The van der Waals surface area contributed by atoms with Gasteiger partial charge < -0.3 is 20.4 Å². The summed E-state index contributed by atoms with van der Waals surface area (Å²) < 4.78 is 0. The van der Waals surface area contributed by atoms with E-state index in [2.05, 4.69) is 27.7 Å². The Kier molecular flexibility index (Phi) is 6.26. The van der Waals surface area contributed by atoms with Gasteiger partial charge in [-0.25, -0.2) is 4.79 Å². The number of hydrogen-bond acceptors (Lipinski definition) is 3. The summed E-state index contributed by atoms with van der Waals surface area (Å²) in [6, 6.07) is 10.0. The van der Waals surface area contributed by atoms with Gasteiger partial charge in [-0.3, -0.25) is 4.79 Å². The van der Waals surface area contributed by atoms with Crippen LogP contribution in [-0.4, -0.2) is 55.6 Å². The molecule has 6 heteroatoms. The van der Waals surface area contributed by atoms with E-state index >= 15 is 0 Å². The van der Waals surface area contributed by atoms with E-state index in [0.29, 0.717) is 13.1 Å². The number of nitrogens with one attached hydrogen (secondary N) is 2. The van der Waals surface area contributed by atoms with Crippen LogP contribution in [0.4, 0.5) is 10.5 Å². The van der Waals surface area contributed by atoms with Gasteiger partial charge in [0, 0.05) is 37.9 Å². The third kappa shape index (κ3) is 4.87. The Balaban J connectivity index is 1.73. The van der Waals surface area contributed by atoms with Crippen molar-refractivity contribution in [2.24, 2.45) is 0 Å². The molecule has 1 aromatic carbocycles. The highest BCUT2D eigenvalue weighted by molar-refractivity contribution is 5.84. The van der Waals surface area contributed by atoms with Crippen molar-refractivity contribution in [3.05, 3.63) is 30.3 Å². The van der Waals surface area contributed by atoms with Crippen molar-refractivity contribution in [2.75, 3.05) is 37.6 Å². The lowest BCUT2D eigenvalue weighted by Crippen LogP contribution is -2.47. The number of carbonyl (C=O) groups excluding carboxylic acids is 2. The van der Waals surface area contributed by atoms with Gasteiger partial charge in [0.25, 0.3) is 0 Å². The number of carbonyl (C=O) groups is 2. The van der Waals surface area contributed by atoms with Crippen molar-refractivity contribution < 1.29 is 9.59 Å². The summed E-state index contributed by atoms with van der Waals surface area (Å²) in [4.78, 5) is 27.8. The lowest BCUT2D eigenvalue weighted by Gasteiger charge is -2.20. The second kappa shape index (κ2) is 8.41. The molecule has 0 aromatic heterocycles. The average molecular weight is 318 g/mol. The number of para-hydroxylation sites is 1. The van der Waals surface area contributed by atoms with Gasteiger partial charge in [0.05, 0.1) is 6.54 Å². The minimum atomic E-state index is -0.273. The molecule has 1 atom stereocenters. The number of rotatable bonds is 6. The fraction of sp³-hybridized carbons (Fsp3) is 0.529. The van der Waals surface area contributed by atoms with E-state index in [-0.39, 0.29) is 24.5 Å². The van der Waals surface area contributed by atoms with Gasteiger partial charge in [0.1, 0.15) is 0 Å². The fourth-order valence-corrected chi connectivity index (χ4v) is 2.83. The molecule has 1 aliphatic heterocycles. The van der Waals surface area contributed by atoms with E-state index in [0.717, 1.165) is 19.5 Å². The van der Waals surface area contributed by atoms with Crippen molar-refractivity contribution >= 4 is 17.6 Å². The average Bonchev–Trinajstić information content (AvgIpc) is 3.03. The quantitative estimate of drug-likeness (QED) is 0.834. The molecule has 1 saturated heterocycles. The molecule has 3 amide bonds. The number of likely N-dealkylation sites (N-methyl/N-ethyl adjacent to an activating group) is 1. The van der Waals surface area contributed by atoms with Gasteiger partial charge in [-0.15, -0.1) is 0 Å². The smallest absolute Gasteiger partial charge is 0.315 e. The van der Waals surface area contributed by atoms with E-state index in [9.17, 15) is 9.59 Å². The molecule has 1 heterocycles. The maximum Gasteiger partial charge on any atom is 0.315 e. The first-order chi connectivity index (χ1) is 11.1. The zero-order valence-electron chi connectivity index (χ0n) is 13.9. The number of anilines is 1. The Hall–Kier alpha value is -2.24. The first-order valence-electron chi connectivity index (χ1n) is 8.26. The van der Waals surface area contributed by atoms with Crippen LogP contribution in [0.25, 0.3) is 0 Å². The number of urea groups is 1. The number of hydrogen-bond donors (Lipinski definition) is 2. The molecule has 1 fully saturated rings. The monoisotopic (exact) mass is 318 g/mol. The lowest BCUT2D eigenvalue weighted by atomic mass is 10.3. The van der Waals surface area contributed by atoms with Crippen LogP contribution in [-0.2, 0) is 4.79 Å². The van der Waals surface area contributed by atoms with Crippen molar-refractivity contribution in [1.29, 1.82) is 0 Å². The van der Waals surface area contributed by atoms with Crippen molar-refractivity contribution in [2.45, 2.75) is 26.3 Å². The summed E-state index contributed by atoms with van der Waals surface area (Å²) in [6.45, 7) is 6.94. The summed E-state index contributed by atoms with van der Waals surface area (Å²) >= 11 is 0. The predicted molar refractivity (Wildman–Crippen MR) is 91.5 cm³/mol. The molecule has 1 aromatic rings. The second-order valence-electron chi connectivity index (χ2n) is 5.66. The molecule has 0 saturated carbocycles. The standard InChI is InChI=1S/C17H26N4O2/c1-3-20(4-2)16(22)12-18-17(23)19-14-10-11-21(13-14)15-8-6-5-7-9-15/h5-9,14H,3-4,10-13H2,1-2H3,(H2,18,19,23). The van der Waals surface area contributed by atoms with E-state index in [1.54, 1.807) is 4.90 Å². The molecule has 126 valence electrons. The Morgan fingerprint density at radius 3 is 2.57 bits per heavy atom. The minimum Gasteiger partial charge on any atom is -0.369 e. The number of benzene rings is 1. The van der Waals surface area contributed by atoms with Crippen molar-refractivity contribution in [3.8, 4) is 0 Å². The second-order valence-corrected chi connectivity index (χ2v) is 5.66. The molecule has 0 radical (unpaired) electrons. The summed E-state index contributed by atoms with van der Waals surface area (Å²) in [7, 11) is 0. The lowest BCUT2D eigenvalue weighted by molar-refractivity contribution is -0.129. The summed E-state index contributed by atoms with van der Waals surface area (Å²) in [5.74, 6) is -0.0533. The molecule has 2 N–H and O–H groups in total. The van der Waals surface area contributed by atoms with Gasteiger partial charge in [-0.2, -0.15) is 0 Å². The predicted octanol–water partition coefficient (Wildman–Crippen LogP) is 1.43. The highest BCUT2D eigenvalue weighted by Crippen LogP contribution is 2.19. The number of amides is 3. The van der Waals surface area contributed by atoms with Crippen LogP contribution in [0.5, 0.6) is 0 Å². The minimum absolute atomic E-state index is 0.0443. The Labute approximate surface area is 137 Å². The zero-order valence-corrected chi connectivity index (χ0v) is 13.9. The van der Waals surface area contributed by atoms with Gasteiger partial charge in [-0.05, 0) is 32.4 Å². The highest BCUT2D eigenvalue weighted by atomic mass is 16.2. The third-order valence-electron chi connectivity index (χ3n) is 4.16. The first kappa shape index (κ1) is 17.1. The van der Waals surface area contributed by atoms with Crippen molar-refractivity contribution in [3.63, 3.8) is 0 Å². The molecule has 0 aliphatic carbocycles. The number of nitrogens with zero attached hydrogens (tertiary/aromatic N) is 2. The summed E-state index contributed by atoms with van der Waals surface area (Å²) in [5, 5.41) is 5.60. The van der Waals surface area contributed by atoms with Gasteiger partial charge >= 0.3 is 6.03 Å². The van der Waals surface area contributed by atoms with Crippen LogP contribution in [0.2, 0.25) is 0 Å². The Morgan fingerprint density at radius 2 is 1.91 bits per heavy atom. The molecule has 23 heavy (non-hydrogen) atoms. The van der Waals surface area contributed by atoms with Crippen LogP contribution >= 0.6 is 0 Å². The molecule has 2 rings (SSSR count). The van der Waals surface area contributed by atoms with Gasteiger partial charge in [-0.1, -0.05) is 18.2 Å². The van der Waals surface area contributed by atoms with Crippen LogP contribution in [0, 0.1) is 0 Å². The zero-order chi connectivity index (χ0) is 16.7. The van der Waals surface area contributed by atoms with E-state index in [4.69, 9.17) is 0 Å². The Morgan fingerprint density at radius 1 is 1.22 bits per heavy atom. The van der Waals surface area contributed by atoms with Crippen molar-refractivity contribution in [1.82, 2.24) is 15.5 Å². The normalized spacial score (nSPS) is 17.0. The van der Waals surface area contributed by atoms with Crippen LogP contribution in [0.3, 0.4) is 0 Å². The summed E-state index contributed by atoms with van der Waals surface area (Å²) in [6.07, 6.45) is 0.909. The summed E-state index contributed by atoms with van der Waals surface area (Å²) in [5.41, 5.74) is 1.17. The maximum absolute atomic E-state index is 11.9. The molecule has 0 spiro atoms. The van der Waals surface area contributed by atoms with Crippen LogP contribution < -0.4 is 15.5 Å². The largest absolute Gasteiger partial charge is 0.369 e. The molecule has 0 bridgehead atoms. The highest BCUT2D eigenvalue weighted by Gasteiger charge is 2.24. The molecule has 1 unspecified atom stereocenters. The Bertz CT molecular complexity index is 517.